The number of hydrogen-bond donors (Lipinski definition) is 0. The Bertz CT molecular complexity index is 1320. The molecule has 34 heavy (non-hydrogen) atoms. The predicted octanol–water partition coefficient (Wildman–Crippen LogP) is 4.19. The number of isocyanates is 1. The van der Waals surface area contributed by atoms with Crippen molar-refractivity contribution in [1.82, 2.24) is 9.63 Å². The number of hydrogen-bond acceptors (Lipinski definition) is 4. The summed E-state index contributed by atoms with van der Waals surface area (Å²) in [7, 11) is 0. The lowest BCUT2D eigenvalue weighted by molar-refractivity contribution is -0.148. The molecule has 2 fully saturated rings. The minimum absolute atomic E-state index is 0.00430. The minimum Gasteiger partial charge on any atom is -0.409 e. The van der Waals surface area contributed by atoms with Crippen LogP contribution in [0.25, 0.3) is 10.9 Å². The van der Waals surface area contributed by atoms with Crippen molar-refractivity contribution in [3.8, 4) is 0 Å². The van der Waals surface area contributed by atoms with Crippen LogP contribution in [0.5, 0.6) is 0 Å². The molecule has 3 atom stereocenters. The first kappa shape index (κ1) is 21.2. The number of nitrogens with zero attached hydrogens (tertiary/aromatic N) is 3. The summed E-state index contributed by atoms with van der Waals surface area (Å²) in [4.78, 5) is 38.4. The Hall–Kier alpha value is -3.37. The lowest BCUT2D eigenvalue weighted by Crippen LogP contribution is -2.66. The van der Waals surface area contributed by atoms with Crippen LogP contribution in [0.4, 0.5) is 0 Å². The van der Waals surface area contributed by atoms with E-state index >= 15 is 0 Å². The third-order valence-corrected chi connectivity index (χ3v) is 8.41. The Morgan fingerprint density at radius 1 is 1.12 bits per heavy atom. The third kappa shape index (κ3) is 2.85. The summed E-state index contributed by atoms with van der Waals surface area (Å²) in [5.74, 6) is -0.112. The topological polar surface area (TPSA) is 63.9 Å². The molecule has 0 N–H and O–H groups in total. The van der Waals surface area contributed by atoms with Crippen LogP contribution >= 0.6 is 0 Å². The van der Waals surface area contributed by atoms with E-state index in [1.165, 1.54) is 0 Å². The monoisotopic (exact) mass is 455 g/mol. The van der Waals surface area contributed by atoms with Crippen molar-refractivity contribution in [3.05, 3.63) is 71.4 Å². The summed E-state index contributed by atoms with van der Waals surface area (Å²) in [6, 6.07) is 18.5. The molecule has 6 rings (SSSR count). The highest BCUT2D eigenvalue weighted by Gasteiger charge is 2.63. The maximum absolute atomic E-state index is 13.9. The van der Waals surface area contributed by atoms with Gasteiger partial charge in [-0.05, 0) is 36.5 Å². The van der Waals surface area contributed by atoms with E-state index in [4.69, 9.17) is 4.84 Å². The fourth-order valence-corrected chi connectivity index (χ4v) is 6.94. The highest BCUT2D eigenvalue weighted by Crippen LogP contribution is 2.55. The molecule has 3 unspecified atom stereocenters. The van der Waals surface area contributed by atoms with Gasteiger partial charge in [-0.15, -0.1) is 0 Å². The van der Waals surface area contributed by atoms with E-state index in [0.717, 1.165) is 53.5 Å². The van der Waals surface area contributed by atoms with Crippen molar-refractivity contribution in [1.29, 1.82) is 0 Å². The summed E-state index contributed by atoms with van der Waals surface area (Å²) >= 11 is 0. The molecule has 3 aromatic rings. The number of aliphatic imine (C=N–C) groups is 1. The van der Waals surface area contributed by atoms with Gasteiger partial charge in [-0.25, -0.2) is 4.79 Å². The zero-order chi connectivity index (χ0) is 23.5. The number of carbonyl (C=O) groups excluding carboxylic acids is 2. The van der Waals surface area contributed by atoms with Gasteiger partial charge in [0.25, 0.3) is 5.91 Å². The van der Waals surface area contributed by atoms with Crippen LogP contribution in [-0.2, 0) is 28.0 Å². The molecule has 1 aliphatic carbocycles. The van der Waals surface area contributed by atoms with E-state index in [1.807, 2.05) is 40.0 Å². The number of piperidine rings is 1. The fourth-order valence-electron chi connectivity index (χ4n) is 6.94. The van der Waals surface area contributed by atoms with Crippen molar-refractivity contribution >= 4 is 22.9 Å². The summed E-state index contributed by atoms with van der Waals surface area (Å²) < 4.78 is 1.98. The van der Waals surface area contributed by atoms with Crippen molar-refractivity contribution in [2.75, 3.05) is 6.54 Å². The fraction of sp³-hybridized carbons (Fsp3) is 0.429. The second kappa shape index (κ2) is 7.57. The average Bonchev–Trinajstić information content (AvgIpc) is 3.44. The molecule has 174 valence electrons. The molecule has 0 spiro atoms. The molecule has 1 amide bonds. The number of carbonyl (C=O) groups is 1. The molecule has 6 nitrogen and oxygen atoms in total. The van der Waals surface area contributed by atoms with Gasteiger partial charge in [-0.2, -0.15) is 9.72 Å². The summed E-state index contributed by atoms with van der Waals surface area (Å²) in [6.07, 6.45) is 5.05. The van der Waals surface area contributed by atoms with Crippen LogP contribution in [0.3, 0.4) is 0 Å². The molecule has 6 heteroatoms. The highest BCUT2D eigenvalue weighted by atomic mass is 16.7. The second-order valence-corrected chi connectivity index (χ2v) is 10.5. The average molecular weight is 456 g/mol. The van der Waals surface area contributed by atoms with E-state index in [0.29, 0.717) is 13.0 Å². The predicted molar refractivity (Wildman–Crippen MR) is 129 cm³/mol. The van der Waals surface area contributed by atoms with Crippen LogP contribution in [0, 0.1) is 5.92 Å². The first-order valence-corrected chi connectivity index (χ1v) is 12.2. The van der Waals surface area contributed by atoms with Crippen molar-refractivity contribution in [2.45, 2.75) is 63.1 Å². The van der Waals surface area contributed by atoms with Crippen LogP contribution in [0.2, 0.25) is 0 Å². The van der Waals surface area contributed by atoms with Gasteiger partial charge in [0.1, 0.15) is 6.61 Å². The van der Waals surface area contributed by atoms with Gasteiger partial charge in [-0.1, -0.05) is 62.4 Å². The maximum Gasteiger partial charge on any atom is 0.252 e. The molecule has 0 bridgehead atoms. The SMILES string of the molecule is CC1(C)c2c(c3ccccc3n2OCc2ccccc2)CC2(N=C=O)C(=O)N3CCCC3CC21. The Labute approximate surface area is 199 Å². The molecule has 2 saturated heterocycles. The lowest BCUT2D eigenvalue weighted by Gasteiger charge is -2.54. The van der Waals surface area contributed by atoms with E-state index in [2.05, 4.69) is 43.1 Å². The van der Waals surface area contributed by atoms with E-state index in [1.54, 1.807) is 6.08 Å². The Morgan fingerprint density at radius 2 is 1.88 bits per heavy atom. The van der Waals surface area contributed by atoms with Gasteiger partial charge in [0.2, 0.25) is 6.08 Å². The Morgan fingerprint density at radius 3 is 2.68 bits per heavy atom. The van der Waals surface area contributed by atoms with Crippen LogP contribution < -0.4 is 4.84 Å². The van der Waals surface area contributed by atoms with E-state index < -0.39 is 11.0 Å². The first-order valence-electron chi connectivity index (χ1n) is 12.2. The molecule has 2 aliphatic heterocycles. The first-order chi connectivity index (χ1) is 16.5. The molecular weight excluding hydrogens is 426 g/mol. The van der Waals surface area contributed by atoms with Crippen LogP contribution in [0.1, 0.15) is 49.9 Å². The van der Waals surface area contributed by atoms with Crippen molar-refractivity contribution in [2.24, 2.45) is 10.9 Å². The Balaban J connectivity index is 1.54. The van der Waals surface area contributed by atoms with Gasteiger partial charge in [0.15, 0.2) is 5.54 Å². The Kier molecular flexibility index (Phi) is 4.72. The largest absolute Gasteiger partial charge is 0.409 e. The molecule has 3 aliphatic rings. The lowest BCUT2D eigenvalue weighted by atomic mass is 9.55. The number of fused-ring (bicyclic) bond motifs is 5. The van der Waals surface area contributed by atoms with E-state index in [9.17, 15) is 9.59 Å². The van der Waals surface area contributed by atoms with Crippen molar-refractivity contribution in [3.63, 3.8) is 0 Å². The number of benzene rings is 2. The molecule has 0 saturated carbocycles. The molecule has 0 radical (unpaired) electrons. The maximum atomic E-state index is 13.9. The standard InChI is InChI=1S/C28H29N3O3/c1-27(2)24-15-20-11-8-14-30(20)26(33)28(24,29-18-32)16-22-21-12-6-7-13-23(21)31(25(22)27)34-17-19-9-4-3-5-10-19/h3-7,9-10,12-13,20,24H,8,11,14-17H2,1-2H3. The van der Waals surface area contributed by atoms with Gasteiger partial charge in [-0.3, -0.25) is 4.79 Å². The number of para-hydroxylation sites is 1. The number of amides is 1. The molecule has 3 heterocycles. The van der Waals surface area contributed by atoms with E-state index in [-0.39, 0.29) is 17.9 Å². The van der Waals surface area contributed by atoms with Crippen molar-refractivity contribution < 1.29 is 14.4 Å². The highest BCUT2D eigenvalue weighted by molar-refractivity contribution is 5.93. The normalized spacial score (nSPS) is 27.0. The number of rotatable bonds is 4. The third-order valence-electron chi connectivity index (χ3n) is 8.41. The van der Waals surface area contributed by atoms with Gasteiger partial charge in [0, 0.05) is 35.7 Å². The molecular formula is C28H29N3O3. The zero-order valence-corrected chi connectivity index (χ0v) is 19.7. The zero-order valence-electron chi connectivity index (χ0n) is 19.7. The summed E-state index contributed by atoms with van der Waals surface area (Å²) in [6.45, 7) is 5.56. The summed E-state index contributed by atoms with van der Waals surface area (Å²) in [5, 5.41) is 1.05. The quantitative estimate of drug-likeness (QED) is 0.438. The minimum atomic E-state index is -1.10. The summed E-state index contributed by atoms with van der Waals surface area (Å²) in [5.41, 5.74) is 2.67. The van der Waals surface area contributed by atoms with Crippen LogP contribution in [0.15, 0.2) is 59.6 Å². The van der Waals surface area contributed by atoms with Crippen LogP contribution in [-0.4, -0.2) is 39.7 Å². The van der Waals surface area contributed by atoms with Gasteiger partial charge in [0.05, 0.1) is 11.2 Å². The van der Waals surface area contributed by atoms with Gasteiger partial charge < -0.3 is 9.74 Å². The van der Waals surface area contributed by atoms with Gasteiger partial charge >= 0.3 is 0 Å². The molecule has 1 aromatic heterocycles. The molecule has 2 aromatic carbocycles. The number of aromatic nitrogens is 1. The smallest absolute Gasteiger partial charge is 0.252 e. The second-order valence-electron chi connectivity index (χ2n) is 10.5.